The Hall–Kier alpha value is -2.18. The molecule has 0 aliphatic heterocycles. The van der Waals surface area contributed by atoms with E-state index < -0.39 is 6.10 Å². The Bertz CT molecular complexity index is 828. The zero-order valence-corrected chi connectivity index (χ0v) is 30.6. The minimum atomic E-state index is -0.809. The van der Waals surface area contributed by atoms with Gasteiger partial charge in [-0.15, -0.1) is 0 Å². The van der Waals surface area contributed by atoms with Gasteiger partial charge < -0.3 is 19.7 Å². The van der Waals surface area contributed by atoms with Crippen LogP contribution in [0.4, 0.5) is 0 Å². The van der Waals surface area contributed by atoms with Crippen molar-refractivity contribution >= 4 is 11.9 Å². The van der Waals surface area contributed by atoms with Crippen molar-refractivity contribution in [3.05, 3.63) is 48.6 Å². The van der Waals surface area contributed by atoms with Crippen molar-refractivity contribution in [2.24, 2.45) is 5.92 Å². The van der Waals surface area contributed by atoms with Crippen molar-refractivity contribution in [3.63, 3.8) is 0 Å². The molecule has 2 N–H and O–H groups in total. The van der Waals surface area contributed by atoms with Crippen molar-refractivity contribution in [1.29, 1.82) is 0 Å². The summed E-state index contributed by atoms with van der Waals surface area (Å²) in [6, 6.07) is 0. The maximum absolute atomic E-state index is 12.1. The number of rotatable bonds is 33. The van der Waals surface area contributed by atoms with Gasteiger partial charge in [0.25, 0.3) is 0 Å². The molecule has 0 aliphatic carbocycles. The molecular formula is C41H72O6. The van der Waals surface area contributed by atoms with E-state index in [2.05, 4.69) is 69.4 Å². The lowest BCUT2D eigenvalue weighted by molar-refractivity contribution is -0.161. The van der Waals surface area contributed by atoms with E-state index in [4.69, 9.17) is 9.47 Å². The highest BCUT2D eigenvalue weighted by Gasteiger charge is 2.16. The predicted molar refractivity (Wildman–Crippen MR) is 197 cm³/mol. The molecule has 0 heterocycles. The second-order valence-corrected chi connectivity index (χ2v) is 13.3. The number of unbranched alkanes of at least 4 members (excludes halogenated alkanes) is 12. The molecule has 0 rings (SSSR count). The van der Waals surface area contributed by atoms with E-state index in [-0.39, 0.29) is 37.7 Å². The Kier molecular flexibility index (Phi) is 33.5. The second kappa shape index (κ2) is 35.1. The standard InChI is InChI=1S/C41H72O6/c1-4-30-38(43)32-27-23-19-15-11-6-5-7-13-17-21-25-29-34-41(45)47-39(35-42)36-46-40(44)33-28-24-20-16-12-9-8-10-14-18-22-26-31-37(2)3/h5,7,11,15,17,21,23,27,37-39,42-43H,4,6,8-10,12-14,16,18-20,22,24-26,28-36H2,1-3H3/b7-5-,15-11-,21-17-,27-23-/t38?,39-/m0/s1. The Morgan fingerprint density at radius 2 is 1.11 bits per heavy atom. The molecule has 0 aromatic heterocycles. The van der Waals surface area contributed by atoms with Gasteiger partial charge in [0, 0.05) is 12.8 Å². The maximum atomic E-state index is 12.1. The zero-order chi connectivity index (χ0) is 34.6. The quantitative estimate of drug-likeness (QED) is 0.0413. The van der Waals surface area contributed by atoms with Crippen LogP contribution in [-0.4, -0.2) is 47.6 Å². The summed E-state index contributed by atoms with van der Waals surface area (Å²) < 4.78 is 10.5. The van der Waals surface area contributed by atoms with E-state index in [1.165, 1.54) is 64.2 Å². The Morgan fingerprint density at radius 1 is 0.617 bits per heavy atom. The van der Waals surface area contributed by atoms with Gasteiger partial charge in [-0.3, -0.25) is 9.59 Å². The highest BCUT2D eigenvalue weighted by molar-refractivity contribution is 5.70. The predicted octanol–water partition coefficient (Wildman–Crippen LogP) is 10.7. The third-order valence-corrected chi connectivity index (χ3v) is 8.11. The number of esters is 2. The summed E-state index contributed by atoms with van der Waals surface area (Å²) in [5, 5.41) is 19.2. The fourth-order valence-corrected chi connectivity index (χ4v) is 5.22. The minimum Gasteiger partial charge on any atom is -0.462 e. The third-order valence-electron chi connectivity index (χ3n) is 8.11. The van der Waals surface area contributed by atoms with E-state index >= 15 is 0 Å². The van der Waals surface area contributed by atoms with Crippen molar-refractivity contribution in [2.75, 3.05) is 13.2 Å². The molecule has 6 nitrogen and oxygen atoms in total. The molecule has 0 aliphatic rings. The first-order valence-corrected chi connectivity index (χ1v) is 19.1. The summed E-state index contributed by atoms with van der Waals surface area (Å²) in [7, 11) is 0. The molecule has 6 heteroatoms. The van der Waals surface area contributed by atoms with E-state index in [1.807, 2.05) is 0 Å². The molecule has 272 valence electrons. The summed E-state index contributed by atoms with van der Waals surface area (Å²) >= 11 is 0. The van der Waals surface area contributed by atoms with Gasteiger partial charge in [0.15, 0.2) is 6.10 Å². The topological polar surface area (TPSA) is 93.1 Å². The first-order chi connectivity index (χ1) is 22.9. The van der Waals surface area contributed by atoms with Gasteiger partial charge in [-0.05, 0) is 57.3 Å². The number of hydrogen-bond acceptors (Lipinski definition) is 6. The van der Waals surface area contributed by atoms with Crippen molar-refractivity contribution in [3.8, 4) is 0 Å². The van der Waals surface area contributed by atoms with Crippen LogP contribution in [0.5, 0.6) is 0 Å². The Labute approximate surface area is 289 Å². The van der Waals surface area contributed by atoms with Crippen LogP contribution >= 0.6 is 0 Å². The van der Waals surface area contributed by atoms with Crippen LogP contribution in [0, 0.1) is 5.92 Å². The molecule has 0 saturated carbocycles. The van der Waals surface area contributed by atoms with E-state index in [0.29, 0.717) is 12.8 Å². The van der Waals surface area contributed by atoms with Crippen LogP contribution in [-0.2, 0) is 19.1 Å². The number of hydrogen-bond donors (Lipinski definition) is 2. The molecule has 0 fully saturated rings. The lowest BCUT2D eigenvalue weighted by Crippen LogP contribution is -2.28. The number of aliphatic hydroxyl groups is 2. The molecule has 0 saturated heterocycles. The molecule has 47 heavy (non-hydrogen) atoms. The van der Waals surface area contributed by atoms with Gasteiger partial charge in [0.2, 0.25) is 0 Å². The average Bonchev–Trinajstić information content (AvgIpc) is 3.04. The average molecular weight is 661 g/mol. The lowest BCUT2D eigenvalue weighted by Gasteiger charge is -2.15. The van der Waals surface area contributed by atoms with Crippen LogP contribution in [0.2, 0.25) is 0 Å². The summed E-state index contributed by atoms with van der Waals surface area (Å²) in [5.74, 6) is 0.157. The number of aliphatic hydroxyl groups excluding tert-OH is 2. The second-order valence-electron chi connectivity index (χ2n) is 13.3. The summed E-state index contributed by atoms with van der Waals surface area (Å²) in [6.07, 6.45) is 39.5. The number of ether oxygens (including phenoxy) is 2. The van der Waals surface area contributed by atoms with Crippen LogP contribution in [0.1, 0.15) is 168 Å². The van der Waals surface area contributed by atoms with Crippen molar-refractivity contribution < 1.29 is 29.3 Å². The van der Waals surface area contributed by atoms with Gasteiger partial charge in [-0.2, -0.15) is 0 Å². The number of allylic oxidation sites excluding steroid dienone is 7. The largest absolute Gasteiger partial charge is 0.462 e. The molecule has 0 radical (unpaired) electrons. The number of carbonyl (C=O) groups is 2. The van der Waals surface area contributed by atoms with Crippen LogP contribution in [0.15, 0.2) is 48.6 Å². The highest BCUT2D eigenvalue weighted by atomic mass is 16.6. The molecule has 0 bridgehead atoms. The van der Waals surface area contributed by atoms with Crippen LogP contribution in [0.25, 0.3) is 0 Å². The molecule has 0 spiro atoms. The van der Waals surface area contributed by atoms with Crippen molar-refractivity contribution in [2.45, 2.75) is 181 Å². The van der Waals surface area contributed by atoms with E-state index in [1.54, 1.807) is 0 Å². The smallest absolute Gasteiger partial charge is 0.306 e. The summed E-state index contributed by atoms with van der Waals surface area (Å²) in [6.45, 7) is 6.23. The van der Waals surface area contributed by atoms with Gasteiger partial charge in [-0.25, -0.2) is 0 Å². The molecule has 2 atom stereocenters. The van der Waals surface area contributed by atoms with E-state index in [9.17, 15) is 19.8 Å². The molecular weight excluding hydrogens is 588 g/mol. The fraction of sp³-hybridized carbons (Fsp3) is 0.756. The summed E-state index contributed by atoms with van der Waals surface area (Å²) in [5.41, 5.74) is 0. The van der Waals surface area contributed by atoms with Gasteiger partial charge in [0.05, 0.1) is 12.7 Å². The Balaban J connectivity index is 3.69. The SMILES string of the molecule is CCCC(O)C/C=C\C/C=C\C/C=C\C/C=C\CCCC(=O)O[C@@H](CO)COC(=O)CCCCCCCCCCCCCCC(C)C. The maximum Gasteiger partial charge on any atom is 0.306 e. The monoisotopic (exact) mass is 661 g/mol. The van der Waals surface area contributed by atoms with Crippen LogP contribution < -0.4 is 0 Å². The normalized spacial score (nSPS) is 13.5. The van der Waals surface area contributed by atoms with Gasteiger partial charge in [-0.1, -0.05) is 153 Å². The third kappa shape index (κ3) is 35.0. The first kappa shape index (κ1) is 44.8. The van der Waals surface area contributed by atoms with Crippen molar-refractivity contribution in [1.82, 2.24) is 0 Å². The Morgan fingerprint density at radius 3 is 1.64 bits per heavy atom. The van der Waals surface area contributed by atoms with Crippen LogP contribution in [0.3, 0.4) is 0 Å². The summed E-state index contributed by atoms with van der Waals surface area (Å²) in [4.78, 5) is 24.2. The first-order valence-electron chi connectivity index (χ1n) is 19.1. The minimum absolute atomic E-state index is 0.0971. The molecule has 0 amide bonds. The van der Waals surface area contributed by atoms with Gasteiger partial charge >= 0.3 is 11.9 Å². The zero-order valence-electron chi connectivity index (χ0n) is 30.6. The molecule has 1 unspecified atom stereocenters. The molecule has 0 aromatic carbocycles. The van der Waals surface area contributed by atoms with E-state index in [0.717, 1.165) is 70.1 Å². The lowest BCUT2D eigenvalue weighted by atomic mass is 10.0. The molecule has 0 aromatic rings. The highest BCUT2D eigenvalue weighted by Crippen LogP contribution is 2.15. The fourth-order valence-electron chi connectivity index (χ4n) is 5.22. The van der Waals surface area contributed by atoms with Gasteiger partial charge in [0.1, 0.15) is 6.61 Å². The number of carbonyl (C=O) groups excluding carboxylic acids is 2.